The topological polar surface area (TPSA) is 71.5 Å². The van der Waals surface area contributed by atoms with E-state index in [1.54, 1.807) is 0 Å². The SMILES string of the molecule is CN(C)S(=O)(=O)c1cc(C(F)(F)F)cc(S(=O)(=O)c2ccc(F)cc2)c1. The zero-order chi connectivity index (χ0) is 19.9. The quantitative estimate of drug-likeness (QED) is 0.573. The van der Waals surface area contributed by atoms with Gasteiger partial charge in [-0.05, 0) is 42.5 Å². The Morgan fingerprint density at radius 1 is 0.808 bits per heavy atom. The summed E-state index contributed by atoms with van der Waals surface area (Å²) in [6, 6.07) is 4.77. The summed E-state index contributed by atoms with van der Waals surface area (Å²) in [6.45, 7) is 0. The molecule has 2 aromatic rings. The maximum absolute atomic E-state index is 13.1. The lowest BCUT2D eigenvalue weighted by Crippen LogP contribution is -2.23. The summed E-state index contributed by atoms with van der Waals surface area (Å²) in [4.78, 5) is -2.15. The van der Waals surface area contributed by atoms with Gasteiger partial charge in [0.15, 0.2) is 0 Å². The molecule has 0 aromatic heterocycles. The average Bonchev–Trinajstić information content (AvgIpc) is 2.53. The molecule has 0 aliphatic carbocycles. The molecule has 11 heteroatoms. The molecule has 0 fully saturated rings. The fourth-order valence-electron chi connectivity index (χ4n) is 2.00. The Labute approximate surface area is 147 Å². The van der Waals surface area contributed by atoms with Crippen LogP contribution < -0.4 is 0 Å². The van der Waals surface area contributed by atoms with Crippen LogP contribution in [0.15, 0.2) is 57.2 Å². The van der Waals surface area contributed by atoms with Crippen molar-refractivity contribution in [3.8, 4) is 0 Å². The van der Waals surface area contributed by atoms with Crippen LogP contribution in [0.5, 0.6) is 0 Å². The number of sulfone groups is 1. The van der Waals surface area contributed by atoms with Crippen molar-refractivity contribution in [1.82, 2.24) is 4.31 Å². The third-order valence-electron chi connectivity index (χ3n) is 3.42. The molecule has 0 saturated heterocycles. The lowest BCUT2D eigenvalue weighted by Gasteiger charge is -2.16. The van der Waals surface area contributed by atoms with Crippen molar-refractivity contribution in [2.24, 2.45) is 0 Å². The maximum atomic E-state index is 13.1. The Morgan fingerprint density at radius 2 is 1.31 bits per heavy atom. The van der Waals surface area contributed by atoms with Crippen LogP contribution in [0.1, 0.15) is 5.56 Å². The molecule has 0 heterocycles. The summed E-state index contributed by atoms with van der Waals surface area (Å²) in [5.74, 6) is -0.733. The second kappa shape index (κ2) is 6.63. The van der Waals surface area contributed by atoms with E-state index in [1.807, 2.05) is 0 Å². The molecule has 0 radical (unpaired) electrons. The van der Waals surface area contributed by atoms with Gasteiger partial charge in [-0.3, -0.25) is 0 Å². The summed E-state index contributed by atoms with van der Waals surface area (Å²) >= 11 is 0. The Hall–Kier alpha value is -1.98. The van der Waals surface area contributed by atoms with Gasteiger partial charge in [0.05, 0.1) is 20.2 Å². The molecule has 26 heavy (non-hydrogen) atoms. The zero-order valence-corrected chi connectivity index (χ0v) is 15.1. The lowest BCUT2D eigenvalue weighted by molar-refractivity contribution is -0.137. The van der Waals surface area contributed by atoms with E-state index in [1.165, 1.54) is 0 Å². The molecule has 0 atom stereocenters. The fourth-order valence-corrected chi connectivity index (χ4v) is 4.38. The summed E-state index contributed by atoms with van der Waals surface area (Å²) in [5.41, 5.74) is -1.43. The average molecular weight is 411 g/mol. The first-order chi connectivity index (χ1) is 11.8. The Morgan fingerprint density at radius 3 is 1.77 bits per heavy atom. The monoisotopic (exact) mass is 411 g/mol. The highest BCUT2D eigenvalue weighted by Gasteiger charge is 2.35. The van der Waals surface area contributed by atoms with Crippen LogP contribution >= 0.6 is 0 Å². The van der Waals surface area contributed by atoms with Crippen molar-refractivity contribution in [1.29, 1.82) is 0 Å². The predicted octanol–water partition coefficient (Wildman–Crippen LogP) is 2.93. The molecular formula is C15H13F4NO4S2. The van der Waals surface area contributed by atoms with Crippen LogP contribution in [-0.2, 0) is 26.0 Å². The van der Waals surface area contributed by atoms with E-state index >= 15 is 0 Å². The Bertz CT molecular complexity index is 1030. The highest BCUT2D eigenvalue weighted by atomic mass is 32.2. The summed E-state index contributed by atoms with van der Waals surface area (Å²) in [6.07, 6.45) is -4.97. The van der Waals surface area contributed by atoms with Crippen molar-refractivity contribution in [3.63, 3.8) is 0 Å². The van der Waals surface area contributed by atoms with Crippen molar-refractivity contribution < 1.29 is 34.4 Å². The maximum Gasteiger partial charge on any atom is 0.416 e. The predicted molar refractivity (Wildman–Crippen MR) is 84.2 cm³/mol. The minimum Gasteiger partial charge on any atom is -0.219 e. The van der Waals surface area contributed by atoms with Crippen molar-refractivity contribution in [2.45, 2.75) is 20.9 Å². The Kier molecular flexibility index (Phi) is 5.19. The number of nitrogens with zero attached hydrogens (tertiary/aromatic N) is 1. The van der Waals surface area contributed by atoms with Gasteiger partial charge in [-0.25, -0.2) is 25.5 Å². The normalized spacial score (nSPS) is 13.2. The molecule has 2 aromatic carbocycles. The zero-order valence-electron chi connectivity index (χ0n) is 13.5. The largest absolute Gasteiger partial charge is 0.416 e. The number of rotatable bonds is 4. The first-order valence-corrected chi connectivity index (χ1v) is 9.84. The standard InChI is InChI=1S/C15H13F4NO4S2/c1-20(2)26(23,24)14-8-10(15(17,18)19)7-13(9-14)25(21,22)12-5-3-11(16)4-6-12/h3-9H,1-2H3. The number of halogens is 4. The molecule has 2 rings (SSSR count). The van der Waals surface area contributed by atoms with E-state index in [-0.39, 0.29) is 0 Å². The number of alkyl halides is 3. The molecule has 0 amide bonds. The second-order valence-electron chi connectivity index (χ2n) is 5.44. The van der Waals surface area contributed by atoms with E-state index in [0.717, 1.165) is 38.4 Å². The van der Waals surface area contributed by atoms with E-state index < -0.39 is 52.1 Å². The fraction of sp³-hybridized carbons (Fsp3) is 0.200. The van der Waals surface area contributed by atoms with Gasteiger partial charge in [0, 0.05) is 14.1 Å². The van der Waals surface area contributed by atoms with Crippen LogP contribution in [0.3, 0.4) is 0 Å². The smallest absolute Gasteiger partial charge is 0.219 e. The first-order valence-electron chi connectivity index (χ1n) is 6.92. The van der Waals surface area contributed by atoms with E-state index in [0.29, 0.717) is 22.5 Å². The molecule has 0 spiro atoms. The van der Waals surface area contributed by atoms with Gasteiger partial charge in [0.1, 0.15) is 5.82 Å². The summed E-state index contributed by atoms with van der Waals surface area (Å²) in [5, 5.41) is 0. The van der Waals surface area contributed by atoms with Gasteiger partial charge >= 0.3 is 6.18 Å². The molecule has 0 N–H and O–H groups in total. The highest BCUT2D eigenvalue weighted by Crippen LogP contribution is 2.34. The van der Waals surface area contributed by atoms with E-state index in [4.69, 9.17) is 0 Å². The number of sulfonamides is 1. The van der Waals surface area contributed by atoms with Crippen LogP contribution in [0.25, 0.3) is 0 Å². The van der Waals surface area contributed by atoms with Gasteiger partial charge in [0.25, 0.3) is 0 Å². The molecular weight excluding hydrogens is 398 g/mol. The number of hydrogen-bond donors (Lipinski definition) is 0. The van der Waals surface area contributed by atoms with Gasteiger partial charge in [-0.15, -0.1) is 0 Å². The van der Waals surface area contributed by atoms with Crippen molar-refractivity contribution in [2.75, 3.05) is 14.1 Å². The van der Waals surface area contributed by atoms with Gasteiger partial charge in [-0.2, -0.15) is 13.2 Å². The van der Waals surface area contributed by atoms with Gasteiger partial charge < -0.3 is 0 Å². The number of benzene rings is 2. The van der Waals surface area contributed by atoms with E-state index in [9.17, 15) is 34.4 Å². The Balaban J connectivity index is 2.78. The minimum absolute atomic E-state index is 0.341. The minimum atomic E-state index is -4.97. The number of hydrogen-bond acceptors (Lipinski definition) is 4. The van der Waals surface area contributed by atoms with Gasteiger partial charge in [-0.1, -0.05) is 0 Å². The van der Waals surface area contributed by atoms with Crippen molar-refractivity contribution in [3.05, 3.63) is 53.8 Å². The highest BCUT2D eigenvalue weighted by molar-refractivity contribution is 7.91. The van der Waals surface area contributed by atoms with Crippen molar-refractivity contribution >= 4 is 19.9 Å². The second-order valence-corrected chi connectivity index (χ2v) is 9.54. The lowest BCUT2D eigenvalue weighted by atomic mass is 10.2. The summed E-state index contributed by atoms with van der Waals surface area (Å²) < 4.78 is 103. The van der Waals surface area contributed by atoms with E-state index in [2.05, 4.69) is 0 Å². The molecule has 0 aliphatic rings. The third-order valence-corrected chi connectivity index (χ3v) is 6.96. The molecule has 0 unspecified atom stereocenters. The third kappa shape index (κ3) is 3.89. The van der Waals surface area contributed by atoms with Crippen LogP contribution in [0.2, 0.25) is 0 Å². The first kappa shape index (κ1) is 20.3. The van der Waals surface area contributed by atoms with Crippen LogP contribution in [0, 0.1) is 5.82 Å². The van der Waals surface area contributed by atoms with Crippen LogP contribution in [0.4, 0.5) is 17.6 Å². The molecule has 0 bridgehead atoms. The molecule has 0 saturated carbocycles. The molecule has 5 nitrogen and oxygen atoms in total. The van der Waals surface area contributed by atoms with Crippen LogP contribution in [-0.4, -0.2) is 35.2 Å². The summed E-state index contributed by atoms with van der Waals surface area (Å²) in [7, 11) is -6.62. The molecule has 0 aliphatic heterocycles. The van der Waals surface area contributed by atoms with Gasteiger partial charge in [0.2, 0.25) is 19.9 Å². The molecule has 142 valence electrons.